The number of nitrogens with zero attached hydrogens (tertiary/aromatic N) is 2. The van der Waals surface area contributed by atoms with Gasteiger partial charge in [-0.15, -0.1) is 0 Å². The fraction of sp³-hybridized carbons (Fsp3) is 0.526. The van der Waals surface area contributed by atoms with Gasteiger partial charge in [0.25, 0.3) is 0 Å². The SMILES string of the molecule is COc1cccc(CNCC(C)Cn2ccnc2C)c1OC(C)C. The van der Waals surface area contributed by atoms with Crippen LogP contribution >= 0.6 is 0 Å². The number of aryl methyl sites for hydroxylation is 1. The van der Waals surface area contributed by atoms with E-state index in [0.29, 0.717) is 5.92 Å². The molecule has 1 heterocycles. The third-order valence-electron chi connectivity index (χ3n) is 3.87. The Morgan fingerprint density at radius 2 is 2.04 bits per heavy atom. The van der Waals surface area contributed by atoms with Crippen molar-refractivity contribution in [3.05, 3.63) is 42.0 Å². The average molecular weight is 331 g/mol. The van der Waals surface area contributed by atoms with Crippen LogP contribution in [0.3, 0.4) is 0 Å². The van der Waals surface area contributed by atoms with E-state index in [1.54, 1.807) is 7.11 Å². The van der Waals surface area contributed by atoms with Crippen molar-refractivity contribution in [2.75, 3.05) is 13.7 Å². The summed E-state index contributed by atoms with van der Waals surface area (Å²) in [6.07, 6.45) is 3.99. The number of para-hydroxylation sites is 1. The van der Waals surface area contributed by atoms with Crippen LogP contribution in [0.25, 0.3) is 0 Å². The fourth-order valence-electron chi connectivity index (χ4n) is 2.68. The molecule has 5 nitrogen and oxygen atoms in total. The molecule has 0 saturated carbocycles. The molecular weight excluding hydrogens is 302 g/mol. The van der Waals surface area contributed by atoms with Gasteiger partial charge in [0.1, 0.15) is 5.82 Å². The molecular formula is C19H29N3O2. The van der Waals surface area contributed by atoms with Gasteiger partial charge < -0.3 is 19.4 Å². The van der Waals surface area contributed by atoms with E-state index in [-0.39, 0.29) is 6.10 Å². The number of aromatic nitrogens is 2. The minimum absolute atomic E-state index is 0.114. The number of ether oxygens (including phenoxy) is 2. The quantitative estimate of drug-likeness (QED) is 0.765. The molecule has 1 unspecified atom stereocenters. The lowest BCUT2D eigenvalue weighted by Crippen LogP contribution is -2.24. The standard InChI is InChI=1S/C19H29N3O2/c1-14(2)24-19-17(7-6-8-18(19)23-5)12-20-11-15(3)13-22-10-9-21-16(22)4/h6-10,14-15,20H,11-13H2,1-5H3. The normalized spacial score (nSPS) is 12.4. The molecule has 2 rings (SSSR count). The van der Waals surface area contributed by atoms with Gasteiger partial charge in [-0.2, -0.15) is 0 Å². The zero-order chi connectivity index (χ0) is 17.5. The highest BCUT2D eigenvalue weighted by Gasteiger charge is 2.12. The van der Waals surface area contributed by atoms with Gasteiger partial charge in [0, 0.05) is 31.0 Å². The number of nitrogens with one attached hydrogen (secondary N) is 1. The van der Waals surface area contributed by atoms with Crippen molar-refractivity contribution in [2.45, 2.75) is 46.9 Å². The second-order valence-corrected chi connectivity index (χ2v) is 6.48. The number of hydrogen-bond acceptors (Lipinski definition) is 4. The smallest absolute Gasteiger partial charge is 0.166 e. The minimum atomic E-state index is 0.114. The highest BCUT2D eigenvalue weighted by Crippen LogP contribution is 2.31. The van der Waals surface area contributed by atoms with Crippen molar-refractivity contribution in [3.8, 4) is 11.5 Å². The largest absolute Gasteiger partial charge is 0.493 e. The summed E-state index contributed by atoms with van der Waals surface area (Å²) in [5, 5.41) is 3.53. The maximum Gasteiger partial charge on any atom is 0.166 e. The molecule has 0 aliphatic rings. The van der Waals surface area contributed by atoms with E-state index in [2.05, 4.69) is 27.9 Å². The van der Waals surface area contributed by atoms with Gasteiger partial charge in [-0.25, -0.2) is 4.98 Å². The third kappa shape index (κ3) is 4.99. The Bertz CT molecular complexity index is 637. The molecule has 0 fully saturated rings. The summed E-state index contributed by atoms with van der Waals surface area (Å²) in [6.45, 7) is 11.0. The molecule has 24 heavy (non-hydrogen) atoms. The maximum atomic E-state index is 5.95. The predicted octanol–water partition coefficient (Wildman–Crippen LogP) is 3.41. The summed E-state index contributed by atoms with van der Waals surface area (Å²) in [5.41, 5.74) is 1.12. The molecule has 2 aromatic rings. The van der Waals surface area contributed by atoms with Crippen molar-refractivity contribution >= 4 is 0 Å². The van der Waals surface area contributed by atoms with E-state index in [9.17, 15) is 0 Å². The first kappa shape index (κ1) is 18.3. The van der Waals surface area contributed by atoms with Crippen molar-refractivity contribution in [1.29, 1.82) is 0 Å². The fourth-order valence-corrected chi connectivity index (χ4v) is 2.68. The van der Waals surface area contributed by atoms with Crippen LogP contribution in [-0.4, -0.2) is 29.3 Å². The van der Waals surface area contributed by atoms with Gasteiger partial charge in [0.05, 0.1) is 13.2 Å². The van der Waals surface area contributed by atoms with Crippen LogP contribution in [0, 0.1) is 12.8 Å². The summed E-state index contributed by atoms with van der Waals surface area (Å²) in [6, 6.07) is 6.02. The Kier molecular flexibility index (Phi) is 6.67. The van der Waals surface area contributed by atoms with Crippen LogP contribution in [-0.2, 0) is 13.1 Å². The zero-order valence-corrected chi connectivity index (χ0v) is 15.4. The van der Waals surface area contributed by atoms with Crippen LogP contribution in [0.4, 0.5) is 0 Å². The topological polar surface area (TPSA) is 48.3 Å². The molecule has 0 saturated heterocycles. The van der Waals surface area contributed by atoms with Crippen LogP contribution in [0.1, 0.15) is 32.2 Å². The predicted molar refractivity (Wildman–Crippen MR) is 96.6 cm³/mol. The zero-order valence-electron chi connectivity index (χ0n) is 15.4. The molecule has 1 N–H and O–H groups in total. The minimum Gasteiger partial charge on any atom is -0.493 e. The van der Waals surface area contributed by atoms with Gasteiger partial charge in [-0.3, -0.25) is 0 Å². The van der Waals surface area contributed by atoms with Crippen molar-refractivity contribution in [3.63, 3.8) is 0 Å². The van der Waals surface area contributed by atoms with E-state index in [1.807, 2.05) is 45.3 Å². The number of benzene rings is 1. The second kappa shape index (κ2) is 8.73. The number of rotatable bonds is 9. The monoisotopic (exact) mass is 331 g/mol. The van der Waals surface area contributed by atoms with E-state index in [4.69, 9.17) is 9.47 Å². The third-order valence-corrected chi connectivity index (χ3v) is 3.87. The number of hydrogen-bond donors (Lipinski definition) is 1. The van der Waals surface area contributed by atoms with E-state index in [0.717, 1.165) is 42.5 Å². The Labute approximate surface area is 145 Å². The lowest BCUT2D eigenvalue weighted by atomic mass is 10.1. The summed E-state index contributed by atoms with van der Waals surface area (Å²) in [5.74, 6) is 3.19. The Morgan fingerprint density at radius 1 is 1.25 bits per heavy atom. The van der Waals surface area contributed by atoms with Gasteiger partial charge >= 0.3 is 0 Å². The highest BCUT2D eigenvalue weighted by atomic mass is 16.5. The van der Waals surface area contributed by atoms with E-state index >= 15 is 0 Å². The van der Waals surface area contributed by atoms with E-state index in [1.165, 1.54) is 0 Å². The van der Waals surface area contributed by atoms with Crippen molar-refractivity contribution in [2.24, 2.45) is 5.92 Å². The molecule has 0 radical (unpaired) electrons. The lowest BCUT2D eigenvalue weighted by Gasteiger charge is -2.19. The average Bonchev–Trinajstić information content (AvgIpc) is 2.93. The molecule has 132 valence electrons. The molecule has 1 aromatic heterocycles. The van der Waals surface area contributed by atoms with Crippen molar-refractivity contribution < 1.29 is 9.47 Å². The molecule has 0 spiro atoms. The van der Waals surface area contributed by atoms with Crippen LogP contribution in [0.5, 0.6) is 11.5 Å². The maximum absolute atomic E-state index is 5.95. The van der Waals surface area contributed by atoms with Gasteiger partial charge in [0.2, 0.25) is 0 Å². The number of imidazole rings is 1. The Balaban J connectivity index is 1.92. The molecule has 0 aliphatic heterocycles. The molecule has 0 bridgehead atoms. The molecule has 1 atom stereocenters. The van der Waals surface area contributed by atoms with Crippen LogP contribution < -0.4 is 14.8 Å². The summed E-state index contributed by atoms with van der Waals surface area (Å²) >= 11 is 0. The van der Waals surface area contributed by atoms with Gasteiger partial charge in [-0.05, 0) is 39.3 Å². The highest BCUT2D eigenvalue weighted by molar-refractivity contribution is 5.46. The second-order valence-electron chi connectivity index (χ2n) is 6.48. The Morgan fingerprint density at radius 3 is 2.67 bits per heavy atom. The molecule has 0 amide bonds. The summed E-state index contributed by atoms with van der Waals surface area (Å²) in [4.78, 5) is 4.27. The first-order valence-corrected chi connectivity index (χ1v) is 8.52. The molecule has 5 heteroatoms. The summed E-state index contributed by atoms with van der Waals surface area (Å²) in [7, 11) is 1.68. The first-order valence-electron chi connectivity index (χ1n) is 8.52. The lowest BCUT2D eigenvalue weighted by molar-refractivity contribution is 0.227. The van der Waals surface area contributed by atoms with Crippen LogP contribution in [0.2, 0.25) is 0 Å². The molecule has 1 aromatic carbocycles. The number of methoxy groups -OCH3 is 1. The molecule has 0 aliphatic carbocycles. The summed E-state index contributed by atoms with van der Waals surface area (Å²) < 4.78 is 13.6. The van der Waals surface area contributed by atoms with Crippen LogP contribution in [0.15, 0.2) is 30.6 Å². The van der Waals surface area contributed by atoms with Crippen molar-refractivity contribution in [1.82, 2.24) is 14.9 Å². The Hall–Kier alpha value is -2.01. The van der Waals surface area contributed by atoms with E-state index < -0.39 is 0 Å². The van der Waals surface area contributed by atoms with Gasteiger partial charge in [0.15, 0.2) is 11.5 Å². The first-order chi connectivity index (χ1) is 11.5. The van der Waals surface area contributed by atoms with Gasteiger partial charge in [-0.1, -0.05) is 19.1 Å².